The number of nitrogens with one attached hydrogen (secondary N) is 1. The number of piperidine rings is 1. The van der Waals surface area contributed by atoms with E-state index in [1.807, 2.05) is 12.1 Å². The van der Waals surface area contributed by atoms with Crippen LogP contribution in [-0.2, 0) is 17.4 Å². The van der Waals surface area contributed by atoms with Crippen molar-refractivity contribution in [3.63, 3.8) is 0 Å². The Balaban J connectivity index is 1.47. The number of alkyl halides is 3. The summed E-state index contributed by atoms with van der Waals surface area (Å²) in [7, 11) is 0. The summed E-state index contributed by atoms with van der Waals surface area (Å²) in [4.78, 5) is 37.8. The van der Waals surface area contributed by atoms with E-state index in [0.717, 1.165) is 11.6 Å². The molecule has 9 heteroatoms. The molecule has 1 aliphatic heterocycles. The molecule has 1 aliphatic rings. The molecule has 0 aromatic carbocycles. The minimum absolute atomic E-state index is 0.0473. The van der Waals surface area contributed by atoms with Crippen LogP contribution in [0.1, 0.15) is 47.7 Å². The van der Waals surface area contributed by atoms with Gasteiger partial charge in [-0.05, 0) is 49.9 Å². The summed E-state index contributed by atoms with van der Waals surface area (Å²) in [6.07, 6.45) is 1.06. The van der Waals surface area contributed by atoms with Crippen LogP contribution in [0.5, 0.6) is 0 Å². The Morgan fingerprint density at radius 3 is 2.66 bits per heavy atom. The third-order valence-corrected chi connectivity index (χ3v) is 5.90. The van der Waals surface area contributed by atoms with Gasteiger partial charge in [0.1, 0.15) is 0 Å². The smallest absolute Gasteiger partial charge is 0.343 e. The molecule has 0 unspecified atom stereocenters. The lowest BCUT2D eigenvalue weighted by Gasteiger charge is -2.32. The fourth-order valence-electron chi connectivity index (χ4n) is 4.26. The lowest BCUT2D eigenvalue weighted by Crippen LogP contribution is -2.38. The second kappa shape index (κ2) is 8.72. The highest BCUT2D eigenvalue weighted by molar-refractivity contribution is 5.82. The van der Waals surface area contributed by atoms with E-state index in [2.05, 4.69) is 15.0 Å². The van der Waals surface area contributed by atoms with Crippen LogP contribution < -0.4 is 5.56 Å². The van der Waals surface area contributed by atoms with Gasteiger partial charge >= 0.3 is 6.18 Å². The molecule has 3 aromatic heterocycles. The van der Waals surface area contributed by atoms with Gasteiger partial charge in [0.2, 0.25) is 5.91 Å². The van der Waals surface area contributed by atoms with Crippen LogP contribution in [0.15, 0.2) is 41.5 Å². The van der Waals surface area contributed by atoms with Crippen molar-refractivity contribution in [3.8, 4) is 0 Å². The maximum atomic E-state index is 13.4. The fourth-order valence-corrected chi connectivity index (χ4v) is 4.26. The van der Waals surface area contributed by atoms with Gasteiger partial charge in [-0.25, -0.2) is 0 Å². The van der Waals surface area contributed by atoms with Crippen LogP contribution in [0.25, 0.3) is 10.9 Å². The molecule has 1 saturated heterocycles. The molecule has 0 spiro atoms. The number of hydrogen-bond donors (Lipinski definition) is 1. The van der Waals surface area contributed by atoms with Crippen LogP contribution in [0.4, 0.5) is 13.2 Å². The number of hydrogen-bond acceptors (Lipinski definition) is 4. The summed E-state index contributed by atoms with van der Waals surface area (Å²) < 4.78 is 40.2. The van der Waals surface area contributed by atoms with E-state index in [-0.39, 0.29) is 23.0 Å². The van der Waals surface area contributed by atoms with Gasteiger partial charge in [-0.1, -0.05) is 6.07 Å². The molecule has 4 heterocycles. The fraction of sp³-hybridized carbons (Fsp3) is 0.391. The van der Waals surface area contributed by atoms with E-state index < -0.39 is 22.7 Å². The number of pyridine rings is 3. The summed E-state index contributed by atoms with van der Waals surface area (Å²) in [6.45, 7) is 2.54. The molecule has 4 rings (SSSR count). The molecule has 1 amide bonds. The van der Waals surface area contributed by atoms with E-state index in [4.69, 9.17) is 0 Å². The molecule has 0 radical (unpaired) electrons. The average Bonchev–Trinajstić information content (AvgIpc) is 2.76. The third-order valence-electron chi connectivity index (χ3n) is 5.90. The van der Waals surface area contributed by atoms with Gasteiger partial charge in [-0.2, -0.15) is 13.2 Å². The van der Waals surface area contributed by atoms with Gasteiger partial charge in [-0.3, -0.25) is 19.6 Å². The maximum absolute atomic E-state index is 13.4. The van der Waals surface area contributed by atoms with Gasteiger partial charge in [0.15, 0.2) is 0 Å². The van der Waals surface area contributed by atoms with Crippen molar-refractivity contribution in [2.24, 2.45) is 0 Å². The standard InChI is InChI=1S/C23H23F3N4O2/c1-14-11-17(23(24,25)26)21-19(28-14)12-18(29-22(21)32)16-6-9-30(10-7-16)20(31)5-4-15-3-2-8-27-13-15/h2-3,8,11-13,16H,4-7,9-10H2,1H3,(H,29,32). The average molecular weight is 444 g/mol. The molecule has 32 heavy (non-hydrogen) atoms. The second-order valence-corrected chi connectivity index (χ2v) is 8.14. The Morgan fingerprint density at radius 1 is 1.25 bits per heavy atom. The first-order valence-electron chi connectivity index (χ1n) is 10.5. The zero-order valence-electron chi connectivity index (χ0n) is 17.6. The molecule has 6 nitrogen and oxygen atoms in total. The van der Waals surface area contributed by atoms with E-state index in [0.29, 0.717) is 44.5 Å². The first kappa shape index (κ1) is 22.0. The number of nitrogens with zero attached hydrogens (tertiary/aromatic N) is 3. The molecule has 0 bridgehead atoms. The Hall–Kier alpha value is -3.23. The number of likely N-dealkylation sites (tertiary alicyclic amines) is 1. The molecule has 1 N–H and O–H groups in total. The Kier molecular flexibility index (Phi) is 5.99. The van der Waals surface area contributed by atoms with Crippen LogP contribution in [0.2, 0.25) is 0 Å². The third kappa shape index (κ3) is 4.66. The summed E-state index contributed by atoms with van der Waals surface area (Å²) in [6, 6.07) is 6.21. The molecule has 1 fully saturated rings. The zero-order chi connectivity index (χ0) is 22.9. The molecule has 3 aromatic rings. The molecule has 0 atom stereocenters. The Bertz CT molecular complexity index is 1180. The number of aryl methyl sites for hydroxylation is 2. The van der Waals surface area contributed by atoms with Crippen molar-refractivity contribution < 1.29 is 18.0 Å². The monoisotopic (exact) mass is 444 g/mol. The van der Waals surface area contributed by atoms with Gasteiger partial charge in [0, 0.05) is 49.2 Å². The number of carbonyl (C=O) groups excluding carboxylic acids is 1. The summed E-state index contributed by atoms with van der Waals surface area (Å²) in [5, 5.41) is -0.435. The highest BCUT2D eigenvalue weighted by atomic mass is 19.4. The number of H-pyrrole nitrogens is 1. The topological polar surface area (TPSA) is 79.0 Å². The first-order chi connectivity index (χ1) is 15.2. The highest BCUT2D eigenvalue weighted by Gasteiger charge is 2.35. The normalized spacial score (nSPS) is 15.3. The van der Waals surface area contributed by atoms with Crippen molar-refractivity contribution in [1.29, 1.82) is 0 Å². The predicted octanol–water partition coefficient (Wildman–Crippen LogP) is 3.98. The molecule has 0 aliphatic carbocycles. The number of aromatic nitrogens is 3. The summed E-state index contributed by atoms with van der Waals surface area (Å²) in [5.41, 5.74) is 0.0669. The number of halogens is 3. The molecular formula is C23H23F3N4O2. The Morgan fingerprint density at radius 2 is 2.00 bits per heavy atom. The van der Waals surface area contributed by atoms with E-state index in [9.17, 15) is 22.8 Å². The van der Waals surface area contributed by atoms with Crippen molar-refractivity contribution in [2.45, 2.75) is 44.7 Å². The summed E-state index contributed by atoms with van der Waals surface area (Å²) >= 11 is 0. The Labute approximate surface area is 182 Å². The zero-order valence-corrected chi connectivity index (χ0v) is 17.6. The van der Waals surface area contributed by atoms with Gasteiger partial charge in [0.05, 0.1) is 16.5 Å². The molecular weight excluding hydrogens is 421 g/mol. The van der Waals surface area contributed by atoms with Crippen LogP contribution in [0, 0.1) is 6.92 Å². The minimum atomic E-state index is -4.64. The number of fused-ring (bicyclic) bond motifs is 1. The van der Waals surface area contributed by atoms with Gasteiger partial charge < -0.3 is 9.88 Å². The first-order valence-corrected chi connectivity index (χ1v) is 10.5. The van der Waals surface area contributed by atoms with Gasteiger partial charge in [0.25, 0.3) is 5.56 Å². The summed E-state index contributed by atoms with van der Waals surface area (Å²) in [5.74, 6) is 0.0116. The number of amides is 1. The van der Waals surface area contributed by atoms with Crippen LogP contribution in [-0.4, -0.2) is 38.8 Å². The maximum Gasteiger partial charge on any atom is 0.417 e. The van der Waals surface area contributed by atoms with Crippen molar-refractivity contribution >= 4 is 16.8 Å². The van der Waals surface area contributed by atoms with Crippen molar-refractivity contribution in [1.82, 2.24) is 19.9 Å². The second-order valence-electron chi connectivity index (χ2n) is 8.14. The highest BCUT2D eigenvalue weighted by Crippen LogP contribution is 2.34. The number of rotatable bonds is 4. The largest absolute Gasteiger partial charge is 0.417 e. The van der Waals surface area contributed by atoms with Crippen LogP contribution >= 0.6 is 0 Å². The van der Waals surface area contributed by atoms with Crippen molar-refractivity contribution in [3.05, 3.63) is 69.5 Å². The van der Waals surface area contributed by atoms with Gasteiger partial charge in [-0.15, -0.1) is 0 Å². The van der Waals surface area contributed by atoms with Crippen molar-refractivity contribution in [2.75, 3.05) is 13.1 Å². The van der Waals surface area contributed by atoms with E-state index in [1.165, 1.54) is 6.92 Å². The number of aromatic amines is 1. The lowest BCUT2D eigenvalue weighted by atomic mass is 9.92. The van der Waals surface area contributed by atoms with Crippen LogP contribution in [0.3, 0.4) is 0 Å². The molecule has 0 saturated carbocycles. The SMILES string of the molecule is Cc1cc(C(F)(F)F)c2c(=O)[nH]c(C3CCN(C(=O)CCc4cccnc4)CC3)cc2n1. The van der Waals surface area contributed by atoms with E-state index in [1.54, 1.807) is 23.4 Å². The lowest BCUT2D eigenvalue weighted by molar-refractivity contribution is -0.136. The minimum Gasteiger partial charge on any atom is -0.343 e. The predicted molar refractivity (Wildman–Crippen MR) is 113 cm³/mol. The molecule has 168 valence electrons. The number of carbonyl (C=O) groups is 1. The quantitative estimate of drug-likeness (QED) is 0.660. The van der Waals surface area contributed by atoms with E-state index >= 15 is 0 Å².